The standard InChI is InChI=1S/C45H43N13O2S/c1-55-23-27-18-34(44-49-21-26-17-29(3-7-36(26)50-44)57-13-9-46-10-14-57)42(59)31(39(27)53-55)5-6-32-40-28(24-56(2)54-40)19-35(43(32)60)45-51-37-8-4-30(58-15-11-47-12-16-58)20-33(37)41(52-45)38-22-48-25-61-38/h3-4,7-8,17-25,46-47,59-60H,5-6,9-16H2,1-2H3. The Morgan fingerprint density at radius 3 is 1.82 bits per heavy atom. The number of hydrogen-bond donors (Lipinski definition) is 4. The number of anilines is 2. The van der Waals surface area contributed by atoms with Crippen molar-refractivity contribution in [1.82, 2.24) is 55.1 Å². The Hall–Kier alpha value is -6.75. The number of aromatic nitrogens is 9. The Bertz CT molecular complexity index is 3130. The third-order valence-corrected chi connectivity index (χ3v) is 12.7. The number of nitrogens with one attached hydrogen (secondary N) is 2. The van der Waals surface area contributed by atoms with Crippen LogP contribution in [0.15, 0.2) is 78.8 Å². The van der Waals surface area contributed by atoms with Crippen molar-refractivity contribution in [2.24, 2.45) is 14.1 Å². The predicted octanol–water partition coefficient (Wildman–Crippen LogP) is 5.82. The molecule has 2 fully saturated rings. The molecule has 5 aromatic heterocycles. The number of hydrogen-bond acceptors (Lipinski definition) is 14. The first-order valence-corrected chi connectivity index (χ1v) is 21.5. The SMILES string of the molecule is Cn1cc2cc(-c3ncc4cc(N5CCNCC5)ccc4n3)c(O)c(CCc3c(O)c(-c4nc(-c5cncs5)c5cc(N6CCNCC6)ccc5n4)cc4cn(C)nc34)c2n1. The largest absolute Gasteiger partial charge is 0.507 e. The Morgan fingerprint density at radius 1 is 0.639 bits per heavy atom. The lowest BCUT2D eigenvalue weighted by atomic mass is 9.95. The molecule has 0 spiro atoms. The van der Waals surface area contributed by atoms with Crippen molar-refractivity contribution in [1.29, 1.82) is 0 Å². The third-order valence-electron chi connectivity index (χ3n) is 11.9. The normalized spacial score (nSPS) is 14.9. The van der Waals surface area contributed by atoms with Crippen LogP contribution in [0, 0.1) is 0 Å². The van der Waals surface area contributed by atoms with E-state index in [2.05, 4.69) is 49.7 Å². The lowest BCUT2D eigenvalue weighted by molar-refractivity contribution is 0.465. The molecule has 0 saturated carbocycles. The van der Waals surface area contributed by atoms with Gasteiger partial charge in [-0.2, -0.15) is 10.2 Å². The highest BCUT2D eigenvalue weighted by atomic mass is 32.1. The number of thiazole rings is 1. The smallest absolute Gasteiger partial charge is 0.164 e. The third kappa shape index (κ3) is 6.72. The summed E-state index contributed by atoms with van der Waals surface area (Å²) in [5.74, 6) is 0.933. The molecule has 0 unspecified atom stereocenters. The highest BCUT2D eigenvalue weighted by Gasteiger charge is 2.24. The van der Waals surface area contributed by atoms with Crippen LogP contribution in [0.1, 0.15) is 11.1 Å². The molecule has 306 valence electrons. The number of phenols is 2. The van der Waals surface area contributed by atoms with Crippen LogP contribution in [-0.2, 0) is 26.9 Å². The van der Waals surface area contributed by atoms with Gasteiger partial charge in [0.2, 0.25) is 0 Å². The van der Waals surface area contributed by atoms with Gasteiger partial charge in [0.25, 0.3) is 0 Å². The molecule has 15 nitrogen and oxygen atoms in total. The Kier molecular flexibility index (Phi) is 9.20. The molecule has 11 rings (SSSR count). The van der Waals surface area contributed by atoms with E-state index in [0.717, 1.165) is 107 Å². The minimum absolute atomic E-state index is 0.0456. The number of rotatable bonds is 8. The molecule has 7 heterocycles. The van der Waals surface area contributed by atoms with Crippen LogP contribution in [-0.4, -0.2) is 107 Å². The molecule has 2 aliphatic heterocycles. The summed E-state index contributed by atoms with van der Waals surface area (Å²) in [7, 11) is 3.74. The summed E-state index contributed by atoms with van der Waals surface area (Å²) in [6, 6.07) is 16.4. The van der Waals surface area contributed by atoms with Crippen molar-refractivity contribution < 1.29 is 10.2 Å². The number of aromatic hydroxyl groups is 2. The lowest BCUT2D eigenvalue weighted by Crippen LogP contribution is -2.43. The molecular formula is C45H43N13O2S. The highest BCUT2D eigenvalue weighted by molar-refractivity contribution is 7.13. The van der Waals surface area contributed by atoms with E-state index in [1.54, 1.807) is 14.9 Å². The fraction of sp³-hybridized carbons (Fsp3) is 0.267. The van der Waals surface area contributed by atoms with E-state index in [9.17, 15) is 10.2 Å². The van der Waals surface area contributed by atoms with Crippen molar-refractivity contribution in [3.63, 3.8) is 0 Å². The Morgan fingerprint density at radius 2 is 1.21 bits per heavy atom. The van der Waals surface area contributed by atoms with Crippen LogP contribution >= 0.6 is 11.3 Å². The van der Waals surface area contributed by atoms with E-state index in [-0.39, 0.29) is 11.5 Å². The first-order valence-electron chi connectivity index (χ1n) is 20.6. The van der Waals surface area contributed by atoms with Crippen LogP contribution in [0.2, 0.25) is 0 Å². The average molecular weight is 830 g/mol. The highest BCUT2D eigenvalue weighted by Crippen LogP contribution is 2.42. The summed E-state index contributed by atoms with van der Waals surface area (Å²) >= 11 is 1.52. The molecule has 0 aliphatic carbocycles. The summed E-state index contributed by atoms with van der Waals surface area (Å²) in [6.07, 6.45) is 8.21. The number of phenolic OH excluding ortho intramolecular Hbond substituents is 2. The van der Waals surface area contributed by atoms with Crippen LogP contribution in [0.5, 0.6) is 11.5 Å². The number of fused-ring (bicyclic) bond motifs is 4. The molecule has 2 saturated heterocycles. The average Bonchev–Trinajstić information content (AvgIpc) is 4.06. The lowest BCUT2D eigenvalue weighted by Gasteiger charge is -2.29. The maximum Gasteiger partial charge on any atom is 0.164 e. The van der Waals surface area contributed by atoms with Crippen LogP contribution < -0.4 is 20.4 Å². The monoisotopic (exact) mass is 829 g/mol. The quantitative estimate of drug-likeness (QED) is 0.145. The van der Waals surface area contributed by atoms with Crippen LogP contribution in [0.4, 0.5) is 11.4 Å². The van der Waals surface area contributed by atoms with E-state index in [4.69, 9.17) is 30.1 Å². The molecule has 0 amide bonds. The zero-order valence-electron chi connectivity index (χ0n) is 33.8. The fourth-order valence-corrected chi connectivity index (χ4v) is 9.53. The minimum atomic E-state index is 0.0456. The summed E-state index contributed by atoms with van der Waals surface area (Å²) in [6.45, 7) is 7.52. The molecule has 4 N–H and O–H groups in total. The second-order valence-corrected chi connectivity index (χ2v) is 16.7. The maximum absolute atomic E-state index is 12.3. The minimum Gasteiger partial charge on any atom is -0.507 e. The molecule has 9 aromatic rings. The van der Waals surface area contributed by atoms with Crippen molar-refractivity contribution >= 4 is 66.3 Å². The van der Waals surface area contributed by atoms with Gasteiger partial charge in [-0.25, -0.2) is 19.9 Å². The number of nitrogens with zero attached hydrogens (tertiary/aromatic N) is 11. The summed E-state index contributed by atoms with van der Waals surface area (Å²) in [5.41, 5.74) is 10.0. The molecule has 0 atom stereocenters. The zero-order chi connectivity index (χ0) is 41.2. The number of aryl methyl sites for hydroxylation is 4. The first kappa shape index (κ1) is 37.3. The van der Waals surface area contributed by atoms with Gasteiger partial charge in [-0.3, -0.25) is 14.3 Å². The van der Waals surface area contributed by atoms with E-state index in [0.29, 0.717) is 57.8 Å². The summed E-state index contributed by atoms with van der Waals surface area (Å²) in [5, 5.41) is 44.4. The Labute approximate surface area is 354 Å². The number of benzene rings is 4. The van der Waals surface area contributed by atoms with Crippen molar-refractivity contribution in [3.05, 3.63) is 90.0 Å². The van der Waals surface area contributed by atoms with E-state index < -0.39 is 0 Å². The second kappa shape index (κ2) is 15.1. The summed E-state index contributed by atoms with van der Waals surface area (Å²) in [4.78, 5) is 30.0. The fourth-order valence-electron chi connectivity index (χ4n) is 8.90. The van der Waals surface area contributed by atoms with Crippen molar-refractivity contribution in [2.75, 3.05) is 62.2 Å². The van der Waals surface area contributed by atoms with Crippen LogP contribution in [0.3, 0.4) is 0 Å². The molecular weight excluding hydrogens is 787 g/mol. The predicted molar refractivity (Wildman–Crippen MR) is 241 cm³/mol. The van der Waals surface area contributed by atoms with Gasteiger partial charge in [0, 0.05) is 135 Å². The van der Waals surface area contributed by atoms with Gasteiger partial charge < -0.3 is 30.6 Å². The molecule has 4 aromatic carbocycles. The molecule has 0 radical (unpaired) electrons. The van der Waals surface area contributed by atoms with Crippen molar-refractivity contribution in [3.8, 4) is 44.8 Å². The van der Waals surface area contributed by atoms with E-state index >= 15 is 0 Å². The second-order valence-electron chi connectivity index (χ2n) is 15.9. The van der Waals surface area contributed by atoms with Gasteiger partial charge in [0.1, 0.15) is 11.5 Å². The molecule has 61 heavy (non-hydrogen) atoms. The van der Waals surface area contributed by atoms with Gasteiger partial charge in [0.15, 0.2) is 11.6 Å². The number of piperazine rings is 2. The first-order chi connectivity index (χ1) is 29.8. The van der Waals surface area contributed by atoms with E-state index in [1.807, 2.05) is 63.1 Å². The van der Waals surface area contributed by atoms with Gasteiger partial charge in [-0.05, 0) is 61.4 Å². The topological polar surface area (TPSA) is 171 Å². The summed E-state index contributed by atoms with van der Waals surface area (Å²) < 4.78 is 3.49. The molecule has 0 bridgehead atoms. The van der Waals surface area contributed by atoms with Crippen molar-refractivity contribution in [2.45, 2.75) is 12.8 Å². The van der Waals surface area contributed by atoms with E-state index in [1.165, 1.54) is 11.3 Å². The van der Waals surface area contributed by atoms with Gasteiger partial charge in [0.05, 0.1) is 49.3 Å². The molecule has 16 heteroatoms. The maximum atomic E-state index is 12.3. The molecule has 2 aliphatic rings. The van der Waals surface area contributed by atoms with Gasteiger partial charge in [-0.1, -0.05) is 0 Å². The van der Waals surface area contributed by atoms with Gasteiger partial charge in [-0.15, -0.1) is 11.3 Å². The zero-order valence-corrected chi connectivity index (χ0v) is 34.6. The van der Waals surface area contributed by atoms with Gasteiger partial charge >= 0.3 is 0 Å². The van der Waals surface area contributed by atoms with Crippen LogP contribution in [0.25, 0.3) is 77.0 Å². The Balaban J connectivity index is 0.983.